The van der Waals surface area contributed by atoms with E-state index in [4.69, 9.17) is 4.99 Å². The first kappa shape index (κ1) is 23.1. The number of aromatic amines is 2. The summed E-state index contributed by atoms with van der Waals surface area (Å²) in [7, 11) is 0. The van der Waals surface area contributed by atoms with Gasteiger partial charge in [-0.1, -0.05) is 48.5 Å². The molecule has 4 nitrogen and oxygen atoms in total. The second-order valence-electron chi connectivity index (χ2n) is 11.2. The van der Waals surface area contributed by atoms with Crippen molar-refractivity contribution in [1.29, 1.82) is 0 Å². The Kier molecular flexibility index (Phi) is 4.93. The predicted octanol–water partition coefficient (Wildman–Crippen LogP) is 7.16. The fourth-order valence-corrected chi connectivity index (χ4v) is 6.48. The molecule has 4 aromatic carbocycles. The summed E-state index contributed by atoms with van der Waals surface area (Å²) >= 11 is 0. The van der Waals surface area contributed by atoms with E-state index in [1.165, 1.54) is 43.7 Å². The molecule has 7 aromatic rings. The lowest BCUT2D eigenvalue weighted by Crippen LogP contribution is -2.12. The third-order valence-corrected chi connectivity index (χ3v) is 8.40. The van der Waals surface area contributed by atoms with E-state index in [1.54, 1.807) is 0 Å². The van der Waals surface area contributed by atoms with Crippen molar-refractivity contribution in [2.24, 2.45) is 4.99 Å². The molecule has 0 fully saturated rings. The molecule has 9 rings (SSSR count). The van der Waals surface area contributed by atoms with Gasteiger partial charge in [0, 0.05) is 45.3 Å². The van der Waals surface area contributed by atoms with E-state index in [-0.39, 0.29) is 0 Å². The van der Waals surface area contributed by atoms with Crippen LogP contribution in [0.2, 0.25) is 0 Å². The minimum atomic E-state index is 0.773. The maximum Gasteiger partial charge on any atom is 0.0658 e. The smallest absolute Gasteiger partial charge is 0.0658 e. The maximum atomic E-state index is 4.78. The number of H-pyrrole nitrogens is 2. The SMILES string of the molecule is C1=CC2=NC1=Cc1ccc([nH]1)Cc1ccc(n1-c1cccc3ccc4cc5ccccc5cc4c13)C=c1ccc([nH]1)=C2. The van der Waals surface area contributed by atoms with Gasteiger partial charge in [0.1, 0.15) is 0 Å². The van der Waals surface area contributed by atoms with Crippen molar-refractivity contribution in [3.8, 4) is 5.69 Å². The standard InChI is InChI=1S/C38H26N4/c1-2-5-26-19-36-27(18-25(26)4-1)9-8-24-6-3-7-37(38(24)36)42-34-16-17-35(42)23-33-15-13-31(41-33)21-29-11-10-28(39-29)20-30-12-14-32(22-34)40-30/h1-22,40-41H,23H2. The molecule has 0 amide bonds. The van der Waals surface area contributed by atoms with E-state index < -0.39 is 0 Å². The minimum absolute atomic E-state index is 0.773. The van der Waals surface area contributed by atoms with Gasteiger partial charge in [-0.2, -0.15) is 0 Å². The summed E-state index contributed by atoms with van der Waals surface area (Å²) in [6, 6.07) is 37.5. The van der Waals surface area contributed by atoms with E-state index >= 15 is 0 Å². The van der Waals surface area contributed by atoms with Crippen LogP contribution in [0.25, 0.3) is 56.2 Å². The van der Waals surface area contributed by atoms with Crippen LogP contribution in [0.3, 0.4) is 0 Å². The molecule has 0 atom stereocenters. The summed E-state index contributed by atoms with van der Waals surface area (Å²) in [5, 5.41) is 9.61. The van der Waals surface area contributed by atoms with Gasteiger partial charge in [-0.25, -0.2) is 4.99 Å². The van der Waals surface area contributed by atoms with E-state index in [0.717, 1.165) is 45.6 Å². The highest BCUT2D eigenvalue weighted by Gasteiger charge is 2.16. The first-order chi connectivity index (χ1) is 20.7. The summed E-state index contributed by atoms with van der Waals surface area (Å²) in [6.07, 6.45) is 11.3. The average molecular weight is 539 g/mol. The highest BCUT2D eigenvalue weighted by molar-refractivity contribution is 6.19. The molecule has 0 spiro atoms. The second kappa shape index (κ2) is 8.95. The van der Waals surface area contributed by atoms with E-state index in [2.05, 4.69) is 148 Å². The van der Waals surface area contributed by atoms with Crippen LogP contribution in [0.5, 0.6) is 0 Å². The third-order valence-electron chi connectivity index (χ3n) is 8.40. The van der Waals surface area contributed by atoms with Gasteiger partial charge in [-0.3, -0.25) is 0 Å². The van der Waals surface area contributed by atoms with Crippen molar-refractivity contribution in [2.45, 2.75) is 6.42 Å². The Morgan fingerprint density at radius 3 is 2.38 bits per heavy atom. The van der Waals surface area contributed by atoms with Crippen molar-refractivity contribution in [3.63, 3.8) is 0 Å². The van der Waals surface area contributed by atoms with Crippen LogP contribution < -0.4 is 10.7 Å². The Morgan fingerprint density at radius 2 is 1.45 bits per heavy atom. The number of nitrogens with one attached hydrogen (secondary N) is 2. The van der Waals surface area contributed by atoms with Gasteiger partial charge in [-0.05, 0) is 112 Å². The number of aliphatic imine (C=N–C) groups is 1. The van der Waals surface area contributed by atoms with Crippen molar-refractivity contribution >= 4 is 56.3 Å². The van der Waals surface area contributed by atoms with Crippen molar-refractivity contribution in [2.75, 3.05) is 0 Å². The summed E-state index contributed by atoms with van der Waals surface area (Å²) in [4.78, 5) is 12.0. The minimum Gasteiger partial charge on any atom is -0.359 e. The van der Waals surface area contributed by atoms with Crippen molar-refractivity contribution < 1.29 is 0 Å². The molecule has 4 heteroatoms. The Bertz CT molecular complexity index is 2440. The zero-order chi connectivity index (χ0) is 27.6. The van der Waals surface area contributed by atoms with Gasteiger partial charge >= 0.3 is 0 Å². The lowest BCUT2D eigenvalue weighted by molar-refractivity contribution is 0.938. The summed E-state index contributed by atoms with van der Waals surface area (Å²) in [6.45, 7) is 0. The molecule has 0 unspecified atom stereocenters. The third kappa shape index (κ3) is 3.80. The quantitative estimate of drug-likeness (QED) is 0.165. The Morgan fingerprint density at radius 1 is 0.619 bits per heavy atom. The number of rotatable bonds is 1. The van der Waals surface area contributed by atoms with E-state index in [9.17, 15) is 0 Å². The number of nitrogens with zero attached hydrogens (tertiary/aromatic N) is 2. The van der Waals surface area contributed by atoms with Crippen LogP contribution in [0.15, 0.2) is 126 Å². The molecule has 3 aromatic heterocycles. The molecule has 2 aliphatic rings. The van der Waals surface area contributed by atoms with Gasteiger partial charge in [0.15, 0.2) is 0 Å². The number of fused-ring (bicyclic) bond motifs is 11. The number of allylic oxidation sites excluding steroid dienone is 2. The predicted molar refractivity (Wildman–Crippen MR) is 175 cm³/mol. The molecule has 0 saturated heterocycles. The fourth-order valence-electron chi connectivity index (χ4n) is 6.48. The first-order valence-corrected chi connectivity index (χ1v) is 14.3. The molecular formula is C38H26N4. The summed E-state index contributed by atoms with van der Waals surface area (Å²) < 4.78 is 2.43. The number of benzene rings is 4. The molecule has 0 aliphatic carbocycles. The Hall–Kier alpha value is -5.61. The molecule has 42 heavy (non-hydrogen) atoms. The van der Waals surface area contributed by atoms with Gasteiger partial charge in [0.2, 0.25) is 0 Å². The highest BCUT2D eigenvalue weighted by atomic mass is 15.0. The number of hydrogen-bond acceptors (Lipinski definition) is 1. The molecule has 5 heterocycles. The van der Waals surface area contributed by atoms with Gasteiger partial charge in [-0.15, -0.1) is 0 Å². The first-order valence-electron chi connectivity index (χ1n) is 14.3. The van der Waals surface area contributed by atoms with Gasteiger partial charge < -0.3 is 14.5 Å². The maximum absolute atomic E-state index is 4.78. The van der Waals surface area contributed by atoms with Crippen molar-refractivity contribution in [3.05, 3.63) is 154 Å². The normalized spacial score (nSPS) is 14.2. The topological polar surface area (TPSA) is 48.9 Å². The lowest BCUT2D eigenvalue weighted by Gasteiger charge is -2.17. The van der Waals surface area contributed by atoms with E-state index in [0.29, 0.717) is 0 Å². The molecule has 2 N–H and O–H groups in total. The van der Waals surface area contributed by atoms with E-state index in [1.807, 2.05) is 0 Å². The average Bonchev–Trinajstić information content (AvgIpc) is 3.82. The largest absolute Gasteiger partial charge is 0.359 e. The van der Waals surface area contributed by atoms with Crippen LogP contribution in [-0.2, 0) is 6.42 Å². The lowest BCUT2D eigenvalue weighted by atomic mass is 9.97. The van der Waals surface area contributed by atoms with Crippen LogP contribution in [0, 0.1) is 0 Å². The van der Waals surface area contributed by atoms with Crippen LogP contribution in [-0.4, -0.2) is 20.2 Å². The highest BCUT2D eigenvalue weighted by Crippen LogP contribution is 2.35. The van der Waals surface area contributed by atoms with Crippen LogP contribution in [0.4, 0.5) is 0 Å². The second-order valence-corrected chi connectivity index (χ2v) is 11.2. The number of aromatic nitrogens is 3. The van der Waals surface area contributed by atoms with Gasteiger partial charge in [0.05, 0.1) is 17.1 Å². The molecule has 8 bridgehead atoms. The number of hydrogen-bond donors (Lipinski definition) is 2. The van der Waals surface area contributed by atoms with Crippen LogP contribution in [0.1, 0.15) is 22.8 Å². The molecule has 0 radical (unpaired) electrons. The zero-order valence-corrected chi connectivity index (χ0v) is 22.8. The summed E-state index contributed by atoms with van der Waals surface area (Å²) in [5.41, 5.74) is 7.63. The van der Waals surface area contributed by atoms with Crippen LogP contribution >= 0.6 is 0 Å². The molecule has 198 valence electrons. The molecular weight excluding hydrogens is 512 g/mol. The fraction of sp³-hybridized carbons (Fsp3) is 0.0263. The summed E-state index contributed by atoms with van der Waals surface area (Å²) in [5.74, 6) is 0. The molecule has 0 saturated carbocycles. The monoisotopic (exact) mass is 538 g/mol. The molecule has 2 aliphatic heterocycles. The van der Waals surface area contributed by atoms with Gasteiger partial charge in [0.25, 0.3) is 0 Å². The Balaban J connectivity index is 1.34. The zero-order valence-electron chi connectivity index (χ0n) is 22.8. The van der Waals surface area contributed by atoms with Crippen molar-refractivity contribution in [1.82, 2.24) is 14.5 Å². The Labute approximate surface area is 242 Å².